The zero-order valence-electron chi connectivity index (χ0n) is 16.3. The van der Waals surface area contributed by atoms with Crippen molar-refractivity contribution < 1.29 is 23.6 Å². The molecule has 0 aliphatic carbocycles. The van der Waals surface area contributed by atoms with Gasteiger partial charge in [0.1, 0.15) is 23.0 Å². The smallest absolute Gasteiger partial charge is 0.284 e. The van der Waals surface area contributed by atoms with Crippen molar-refractivity contribution in [2.45, 2.75) is 6.92 Å². The molecule has 0 radical (unpaired) electrons. The minimum Gasteiger partial charge on any atom is -0.497 e. The molecule has 0 bridgehead atoms. The number of hydrazone groups is 1. The van der Waals surface area contributed by atoms with E-state index in [1.165, 1.54) is 19.4 Å². The van der Waals surface area contributed by atoms with Gasteiger partial charge in [-0.05, 0) is 55.5 Å². The second-order valence-corrected chi connectivity index (χ2v) is 6.00. The van der Waals surface area contributed by atoms with Gasteiger partial charge in [-0.25, -0.2) is 5.43 Å². The van der Waals surface area contributed by atoms with Crippen LogP contribution in [0.15, 0.2) is 64.1 Å². The molecular formula is C21H19N3O6. The minimum absolute atomic E-state index is 0.143. The zero-order chi connectivity index (χ0) is 21.5. The molecule has 3 aromatic rings. The van der Waals surface area contributed by atoms with Gasteiger partial charge in [0, 0.05) is 5.56 Å². The Kier molecular flexibility index (Phi) is 6.43. The third-order valence-corrected chi connectivity index (χ3v) is 4.08. The molecular weight excluding hydrogens is 390 g/mol. The summed E-state index contributed by atoms with van der Waals surface area (Å²) in [5.41, 5.74) is 2.98. The first-order valence-corrected chi connectivity index (χ1v) is 9.00. The maximum atomic E-state index is 12.1. The van der Waals surface area contributed by atoms with Crippen LogP contribution in [0.1, 0.15) is 23.0 Å². The first kappa shape index (κ1) is 20.6. The molecule has 2 aromatic carbocycles. The highest BCUT2D eigenvalue weighted by Gasteiger charge is 2.19. The van der Waals surface area contributed by atoms with E-state index < -0.39 is 10.8 Å². The zero-order valence-corrected chi connectivity index (χ0v) is 16.3. The van der Waals surface area contributed by atoms with E-state index >= 15 is 0 Å². The molecule has 1 amide bonds. The lowest BCUT2D eigenvalue weighted by Gasteiger charge is -2.04. The van der Waals surface area contributed by atoms with Crippen LogP contribution in [0.25, 0.3) is 11.3 Å². The van der Waals surface area contributed by atoms with Gasteiger partial charge in [0.25, 0.3) is 11.6 Å². The van der Waals surface area contributed by atoms with Gasteiger partial charge < -0.3 is 13.9 Å². The van der Waals surface area contributed by atoms with E-state index in [0.29, 0.717) is 40.8 Å². The van der Waals surface area contributed by atoms with Crippen molar-refractivity contribution in [1.82, 2.24) is 5.43 Å². The first-order valence-electron chi connectivity index (χ1n) is 9.00. The predicted octanol–water partition coefficient (Wildman–Crippen LogP) is 4.03. The molecule has 0 spiro atoms. The number of hydrogen-bond donors (Lipinski definition) is 1. The summed E-state index contributed by atoms with van der Waals surface area (Å²) in [5, 5.41) is 15.2. The summed E-state index contributed by atoms with van der Waals surface area (Å²) >= 11 is 0. The number of ether oxygens (including phenoxy) is 2. The van der Waals surface area contributed by atoms with Gasteiger partial charge in [-0.3, -0.25) is 14.9 Å². The predicted molar refractivity (Wildman–Crippen MR) is 110 cm³/mol. The van der Waals surface area contributed by atoms with Crippen molar-refractivity contribution in [2.24, 2.45) is 5.10 Å². The lowest BCUT2D eigenvalue weighted by Crippen LogP contribution is -2.17. The number of amides is 1. The molecule has 9 nitrogen and oxygen atoms in total. The van der Waals surface area contributed by atoms with Crippen LogP contribution < -0.4 is 14.9 Å². The van der Waals surface area contributed by atoms with Gasteiger partial charge in [0.05, 0.1) is 36.5 Å². The van der Waals surface area contributed by atoms with Crippen molar-refractivity contribution in [3.8, 4) is 22.8 Å². The molecule has 0 atom stereocenters. The van der Waals surface area contributed by atoms with Crippen LogP contribution in [-0.2, 0) is 0 Å². The molecule has 1 N–H and O–H groups in total. The number of carbonyl (C=O) groups is 1. The quantitative estimate of drug-likeness (QED) is 0.341. The Labute approximate surface area is 172 Å². The van der Waals surface area contributed by atoms with Gasteiger partial charge in [-0.2, -0.15) is 5.10 Å². The summed E-state index contributed by atoms with van der Waals surface area (Å²) in [5.74, 6) is 1.27. The third-order valence-electron chi connectivity index (χ3n) is 4.08. The van der Waals surface area contributed by atoms with E-state index in [0.717, 1.165) is 0 Å². The van der Waals surface area contributed by atoms with Crippen LogP contribution in [0.5, 0.6) is 11.5 Å². The molecule has 0 saturated carbocycles. The molecule has 1 aromatic heterocycles. The molecule has 154 valence electrons. The molecule has 0 saturated heterocycles. The summed E-state index contributed by atoms with van der Waals surface area (Å²) in [7, 11) is 1.43. The van der Waals surface area contributed by atoms with E-state index in [1.54, 1.807) is 48.5 Å². The van der Waals surface area contributed by atoms with E-state index in [1.807, 2.05) is 6.92 Å². The van der Waals surface area contributed by atoms with Crippen molar-refractivity contribution in [3.05, 3.63) is 76.0 Å². The number of nitrogens with zero attached hydrogens (tertiary/aromatic N) is 2. The standard InChI is InChI=1S/C21H19N3O6/c1-3-29-15-6-4-14(5-7-15)21(25)23-22-13-17-9-11-20(30-17)18-10-8-16(28-2)12-19(18)24(26)27/h4-13H,3H2,1-2H3,(H,23,25)/b22-13+. The van der Waals surface area contributed by atoms with E-state index in [9.17, 15) is 14.9 Å². The summed E-state index contributed by atoms with van der Waals surface area (Å²) in [4.78, 5) is 23.0. The number of nitro groups is 1. The minimum atomic E-state index is -0.509. The molecule has 0 aliphatic heterocycles. The summed E-state index contributed by atoms with van der Waals surface area (Å²) < 4.78 is 16.0. The summed E-state index contributed by atoms with van der Waals surface area (Å²) in [6, 6.07) is 14.3. The Morgan fingerprint density at radius 3 is 2.57 bits per heavy atom. The van der Waals surface area contributed by atoms with E-state index in [4.69, 9.17) is 13.9 Å². The van der Waals surface area contributed by atoms with E-state index in [2.05, 4.69) is 10.5 Å². The largest absolute Gasteiger partial charge is 0.497 e. The number of furan rings is 1. The summed E-state index contributed by atoms with van der Waals surface area (Å²) in [6.45, 7) is 2.42. The molecule has 0 fully saturated rings. The van der Waals surface area contributed by atoms with E-state index in [-0.39, 0.29) is 5.69 Å². The Balaban J connectivity index is 1.69. The number of nitrogens with one attached hydrogen (secondary N) is 1. The molecule has 9 heteroatoms. The monoisotopic (exact) mass is 409 g/mol. The third kappa shape index (κ3) is 4.82. The Bertz CT molecular complexity index is 1070. The number of benzene rings is 2. The van der Waals surface area contributed by atoms with Crippen LogP contribution in [0, 0.1) is 10.1 Å². The number of nitro benzene ring substituents is 1. The second-order valence-electron chi connectivity index (χ2n) is 6.00. The Morgan fingerprint density at radius 1 is 1.17 bits per heavy atom. The highest BCUT2D eigenvalue weighted by atomic mass is 16.6. The topological polar surface area (TPSA) is 116 Å². The molecule has 1 heterocycles. The maximum absolute atomic E-state index is 12.1. The fraction of sp³-hybridized carbons (Fsp3) is 0.143. The number of carbonyl (C=O) groups excluding carboxylic acids is 1. The molecule has 3 rings (SSSR count). The number of hydrogen-bond acceptors (Lipinski definition) is 7. The van der Waals surface area contributed by atoms with Gasteiger partial charge >= 0.3 is 0 Å². The lowest BCUT2D eigenvalue weighted by molar-refractivity contribution is -0.384. The first-order chi connectivity index (χ1) is 14.5. The fourth-order valence-corrected chi connectivity index (χ4v) is 2.65. The molecule has 0 aliphatic rings. The van der Waals surface area contributed by atoms with Gasteiger partial charge in [-0.1, -0.05) is 0 Å². The average molecular weight is 409 g/mol. The molecule has 30 heavy (non-hydrogen) atoms. The van der Waals surface area contributed by atoms with Crippen molar-refractivity contribution in [1.29, 1.82) is 0 Å². The molecule has 0 unspecified atom stereocenters. The van der Waals surface area contributed by atoms with Crippen molar-refractivity contribution in [2.75, 3.05) is 13.7 Å². The van der Waals surface area contributed by atoms with Crippen LogP contribution in [-0.4, -0.2) is 30.8 Å². The number of methoxy groups -OCH3 is 1. The maximum Gasteiger partial charge on any atom is 0.284 e. The van der Waals surface area contributed by atoms with Gasteiger partial charge in [-0.15, -0.1) is 0 Å². The van der Waals surface area contributed by atoms with Crippen molar-refractivity contribution >= 4 is 17.8 Å². The Hall–Kier alpha value is -4.14. The van der Waals surface area contributed by atoms with Crippen molar-refractivity contribution in [3.63, 3.8) is 0 Å². The highest BCUT2D eigenvalue weighted by Crippen LogP contribution is 2.33. The normalized spacial score (nSPS) is 10.7. The van der Waals surface area contributed by atoms with Crippen LogP contribution in [0.3, 0.4) is 0 Å². The Morgan fingerprint density at radius 2 is 1.90 bits per heavy atom. The number of rotatable bonds is 8. The fourth-order valence-electron chi connectivity index (χ4n) is 2.65. The van der Waals surface area contributed by atoms with Crippen LogP contribution in [0.2, 0.25) is 0 Å². The SMILES string of the molecule is CCOc1ccc(C(=O)N/N=C/c2ccc(-c3ccc(OC)cc3[N+](=O)[O-])o2)cc1. The lowest BCUT2D eigenvalue weighted by atomic mass is 10.1. The van der Waals surface area contributed by atoms with Gasteiger partial charge in [0.2, 0.25) is 0 Å². The second kappa shape index (κ2) is 9.37. The van der Waals surface area contributed by atoms with Gasteiger partial charge in [0.15, 0.2) is 0 Å². The van der Waals surface area contributed by atoms with Crippen LogP contribution in [0.4, 0.5) is 5.69 Å². The average Bonchev–Trinajstić information content (AvgIpc) is 3.22. The summed E-state index contributed by atoms with van der Waals surface area (Å²) in [6.07, 6.45) is 1.31. The highest BCUT2D eigenvalue weighted by molar-refractivity contribution is 5.94. The van der Waals surface area contributed by atoms with Crippen LogP contribution >= 0.6 is 0 Å².